The molecule has 0 spiro atoms. The van der Waals surface area contributed by atoms with E-state index < -0.39 is 0 Å². The molecule has 0 atom stereocenters. The van der Waals surface area contributed by atoms with E-state index in [2.05, 4.69) is 33.9 Å². The molecule has 2 N–H and O–H groups in total. The smallest absolute Gasteiger partial charge is 0.339 e. The maximum atomic E-state index is 12.8. The molecule has 10 nitrogen and oxygen atoms in total. The molecule has 2 fully saturated rings. The van der Waals surface area contributed by atoms with Crippen LogP contribution in [0.1, 0.15) is 88.2 Å². The van der Waals surface area contributed by atoms with Crippen molar-refractivity contribution in [3.8, 4) is 0 Å². The molecule has 2 aliphatic heterocycles. The van der Waals surface area contributed by atoms with Gasteiger partial charge in [-0.25, -0.2) is 4.79 Å². The number of hydrogen-bond acceptors (Lipinski definition) is 10. The summed E-state index contributed by atoms with van der Waals surface area (Å²) in [5, 5.41) is 9.09. The highest BCUT2D eigenvalue weighted by Gasteiger charge is 2.27. The minimum atomic E-state index is -0.247. The van der Waals surface area contributed by atoms with E-state index in [1.807, 2.05) is 44.5 Å². The van der Waals surface area contributed by atoms with Crippen LogP contribution in [0, 0.1) is 27.7 Å². The Kier molecular flexibility index (Phi) is 13.5. The largest absolute Gasteiger partial charge is 0.465 e. The van der Waals surface area contributed by atoms with Crippen molar-refractivity contribution in [2.45, 2.75) is 85.9 Å². The van der Waals surface area contributed by atoms with Crippen molar-refractivity contribution in [3.63, 3.8) is 0 Å². The zero-order valence-corrected chi connectivity index (χ0v) is 30.5. The topological polar surface area (TPSA) is 113 Å². The highest BCUT2D eigenvalue weighted by atomic mass is 32.1. The predicted molar refractivity (Wildman–Crippen MR) is 191 cm³/mol. The van der Waals surface area contributed by atoms with Crippen LogP contribution in [0.2, 0.25) is 0 Å². The van der Waals surface area contributed by atoms with Gasteiger partial charge in [0, 0.05) is 80.2 Å². The molecule has 0 radical (unpaired) electrons. The summed E-state index contributed by atoms with van der Waals surface area (Å²) in [6.45, 7) is 17.4. The van der Waals surface area contributed by atoms with Crippen molar-refractivity contribution in [1.29, 1.82) is 0 Å². The van der Waals surface area contributed by atoms with Gasteiger partial charge in [0.05, 0.1) is 28.2 Å². The number of hydrogen-bond donors (Lipinski definition) is 2. The number of pyridine rings is 1. The third-order valence-corrected chi connectivity index (χ3v) is 11.3. The van der Waals surface area contributed by atoms with Gasteiger partial charge in [0.25, 0.3) is 11.5 Å². The van der Waals surface area contributed by atoms with Gasteiger partial charge in [-0.2, -0.15) is 0 Å². The summed E-state index contributed by atoms with van der Waals surface area (Å²) >= 11 is 3.25. The fourth-order valence-corrected chi connectivity index (χ4v) is 8.83. The number of carbonyl (C=O) groups excluding carboxylic acids is 2. The number of aromatic amines is 1. The quantitative estimate of drug-likeness (QED) is 0.245. The minimum Gasteiger partial charge on any atom is -0.465 e. The number of aryl methyl sites for hydroxylation is 2. The lowest BCUT2D eigenvalue weighted by Crippen LogP contribution is -2.39. The molecule has 5 heterocycles. The number of methoxy groups -OCH3 is 1. The standard InChI is InChI=1S/C21H29N3O3S.C14H21NO3S/c1-5-24(16-6-8-27-9-7-16)21-15(4)18(12-28-21)19(25)22-11-17-13(2)10-14(3)23-20(17)26;1-4-15(11-5-7-18-8-6-11)13-10(2)12(9-19-13)14(16)17-3/h10,12,16H,5-9,11H2,1-4H3,(H,22,25)(H,23,26);9,11H,4-8H2,1-3H3. The van der Waals surface area contributed by atoms with Gasteiger partial charge < -0.3 is 34.3 Å². The van der Waals surface area contributed by atoms with Crippen LogP contribution in [-0.2, 0) is 20.8 Å². The van der Waals surface area contributed by atoms with E-state index in [4.69, 9.17) is 14.2 Å². The summed E-state index contributed by atoms with van der Waals surface area (Å²) in [7, 11) is 1.43. The number of rotatable bonds is 10. The van der Waals surface area contributed by atoms with Crippen LogP contribution in [0.15, 0.2) is 21.6 Å². The molecule has 47 heavy (non-hydrogen) atoms. The Morgan fingerprint density at radius 3 is 1.83 bits per heavy atom. The summed E-state index contributed by atoms with van der Waals surface area (Å²) in [5.74, 6) is -0.384. The van der Waals surface area contributed by atoms with Crippen LogP contribution in [0.5, 0.6) is 0 Å². The fraction of sp³-hybridized carbons (Fsp3) is 0.571. The average molecular weight is 687 g/mol. The SMILES string of the molecule is CCN(c1scc(C(=O)NCc2c(C)cc(C)[nH]c2=O)c1C)C1CCOCC1.CCN(c1scc(C(=O)OC)c1C)C1CCOCC1. The van der Waals surface area contributed by atoms with E-state index in [1.165, 1.54) is 12.1 Å². The fourth-order valence-electron chi connectivity index (χ4n) is 6.41. The molecule has 258 valence electrons. The first-order chi connectivity index (χ1) is 22.6. The van der Waals surface area contributed by atoms with E-state index in [-0.39, 0.29) is 24.0 Å². The molecular weight excluding hydrogens is 637 g/mol. The van der Waals surface area contributed by atoms with E-state index in [9.17, 15) is 14.4 Å². The number of amides is 1. The third kappa shape index (κ3) is 8.84. The first-order valence-electron chi connectivity index (χ1n) is 16.5. The van der Waals surface area contributed by atoms with Crippen molar-refractivity contribution >= 4 is 44.6 Å². The highest BCUT2D eigenvalue weighted by Crippen LogP contribution is 2.35. The molecular formula is C35H50N4O6S2. The predicted octanol–water partition coefficient (Wildman–Crippen LogP) is 6.15. The van der Waals surface area contributed by atoms with Crippen LogP contribution in [-0.4, -0.2) is 75.6 Å². The van der Waals surface area contributed by atoms with Crippen molar-refractivity contribution < 1.29 is 23.8 Å². The molecule has 12 heteroatoms. The highest BCUT2D eigenvalue weighted by molar-refractivity contribution is 7.15. The monoisotopic (exact) mass is 686 g/mol. The maximum absolute atomic E-state index is 12.8. The summed E-state index contributed by atoms with van der Waals surface area (Å²) in [5.41, 5.74) is 5.58. The van der Waals surface area contributed by atoms with E-state index >= 15 is 0 Å². The number of carbonyl (C=O) groups is 2. The lowest BCUT2D eigenvalue weighted by atomic mass is 10.1. The second-order valence-electron chi connectivity index (χ2n) is 12.0. The van der Waals surface area contributed by atoms with Crippen LogP contribution < -0.4 is 20.7 Å². The second-order valence-corrected chi connectivity index (χ2v) is 13.8. The number of aromatic nitrogens is 1. The number of thiophene rings is 2. The molecule has 3 aromatic rings. The van der Waals surface area contributed by atoms with Crippen molar-refractivity contribution in [2.75, 3.05) is 56.4 Å². The molecule has 3 aromatic heterocycles. The van der Waals surface area contributed by atoms with Gasteiger partial charge in [-0.1, -0.05) is 0 Å². The van der Waals surface area contributed by atoms with Gasteiger partial charge in [0.1, 0.15) is 0 Å². The Bertz CT molecular complexity index is 1550. The summed E-state index contributed by atoms with van der Waals surface area (Å²) < 4.78 is 15.7. The second kappa shape index (κ2) is 17.3. The van der Waals surface area contributed by atoms with Crippen molar-refractivity contribution in [3.05, 3.63) is 66.3 Å². The molecule has 0 saturated carbocycles. The van der Waals surface area contributed by atoms with E-state index in [0.29, 0.717) is 28.8 Å². The van der Waals surface area contributed by atoms with Gasteiger partial charge in [-0.05, 0) is 90.0 Å². The first kappa shape index (κ1) is 36.6. The van der Waals surface area contributed by atoms with Crippen molar-refractivity contribution in [2.24, 2.45) is 0 Å². The molecule has 2 saturated heterocycles. The Hall–Kier alpha value is -3.19. The Morgan fingerprint density at radius 1 is 0.872 bits per heavy atom. The third-order valence-electron chi connectivity index (χ3n) is 9.06. The van der Waals surface area contributed by atoms with Gasteiger partial charge in [0.15, 0.2) is 0 Å². The minimum absolute atomic E-state index is 0.137. The van der Waals surface area contributed by atoms with Crippen LogP contribution >= 0.6 is 22.7 Å². The molecule has 0 aliphatic carbocycles. The number of ether oxygens (including phenoxy) is 3. The Morgan fingerprint density at radius 2 is 1.36 bits per heavy atom. The lowest BCUT2D eigenvalue weighted by molar-refractivity contribution is 0.0600. The van der Waals surface area contributed by atoms with Gasteiger partial charge >= 0.3 is 5.97 Å². The maximum Gasteiger partial charge on any atom is 0.339 e. The summed E-state index contributed by atoms with van der Waals surface area (Å²) in [4.78, 5) is 44.2. The molecule has 5 rings (SSSR count). The zero-order chi connectivity index (χ0) is 34.1. The van der Waals surface area contributed by atoms with E-state index in [0.717, 1.165) is 92.6 Å². The van der Waals surface area contributed by atoms with Crippen LogP contribution in [0.25, 0.3) is 0 Å². The van der Waals surface area contributed by atoms with Crippen LogP contribution in [0.3, 0.4) is 0 Å². The number of H-pyrrole nitrogens is 1. The Balaban J connectivity index is 0.000000229. The number of nitrogens with zero attached hydrogens (tertiary/aromatic N) is 2. The Labute approximate surface area is 286 Å². The molecule has 0 aromatic carbocycles. The molecule has 0 bridgehead atoms. The van der Waals surface area contributed by atoms with Gasteiger partial charge in [-0.15, -0.1) is 22.7 Å². The number of nitrogens with one attached hydrogen (secondary N) is 2. The molecule has 1 amide bonds. The number of esters is 1. The average Bonchev–Trinajstić information content (AvgIpc) is 3.64. The first-order valence-corrected chi connectivity index (χ1v) is 18.3. The number of anilines is 2. The summed E-state index contributed by atoms with van der Waals surface area (Å²) in [6, 6.07) is 2.89. The van der Waals surface area contributed by atoms with Gasteiger partial charge in [0.2, 0.25) is 0 Å². The van der Waals surface area contributed by atoms with E-state index in [1.54, 1.807) is 22.7 Å². The molecule has 2 aliphatic rings. The van der Waals surface area contributed by atoms with Crippen molar-refractivity contribution in [1.82, 2.24) is 10.3 Å². The van der Waals surface area contributed by atoms with Crippen LogP contribution in [0.4, 0.5) is 10.0 Å². The van der Waals surface area contributed by atoms with Gasteiger partial charge in [-0.3, -0.25) is 9.59 Å². The molecule has 0 unspecified atom stereocenters. The normalized spacial score (nSPS) is 15.5. The lowest BCUT2D eigenvalue weighted by Gasteiger charge is -2.34. The zero-order valence-electron chi connectivity index (χ0n) is 28.8. The summed E-state index contributed by atoms with van der Waals surface area (Å²) in [6.07, 6.45) is 4.14.